The van der Waals surface area contributed by atoms with Crippen molar-refractivity contribution >= 4 is 0 Å². The summed E-state index contributed by atoms with van der Waals surface area (Å²) in [4.78, 5) is 0. The van der Waals surface area contributed by atoms with E-state index in [1.165, 1.54) is 24.0 Å². The molecular weight excluding hydrogens is 200 g/mol. The first-order valence-corrected chi connectivity index (χ1v) is 6.13. The molecule has 2 heteroatoms. The van der Waals surface area contributed by atoms with E-state index in [0.29, 0.717) is 12.5 Å². The van der Waals surface area contributed by atoms with E-state index in [0.717, 1.165) is 18.1 Å². The highest BCUT2D eigenvalue weighted by Crippen LogP contribution is 2.42. The Morgan fingerprint density at radius 3 is 2.75 bits per heavy atom. The first-order valence-electron chi connectivity index (χ1n) is 6.13. The van der Waals surface area contributed by atoms with Crippen LogP contribution in [0.1, 0.15) is 42.6 Å². The van der Waals surface area contributed by atoms with Crippen LogP contribution in [0.3, 0.4) is 0 Å². The summed E-state index contributed by atoms with van der Waals surface area (Å²) in [6.07, 6.45) is 2.26. The van der Waals surface area contributed by atoms with Crippen molar-refractivity contribution in [2.75, 3.05) is 0 Å². The maximum atomic E-state index is 10.3. The Morgan fingerprint density at radius 2 is 2.00 bits per heavy atom. The second-order valence-electron chi connectivity index (χ2n) is 5.16. The number of rotatable bonds is 3. The van der Waals surface area contributed by atoms with Gasteiger partial charge in [0.2, 0.25) is 0 Å². The highest BCUT2D eigenvalue weighted by molar-refractivity contribution is 5.34. The van der Waals surface area contributed by atoms with Gasteiger partial charge >= 0.3 is 0 Å². The quantitative estimate of drug-likeness (QED) is 0.845. The molecule has 2 aliphatic rings. The van der Waals surface area contributed by atoms with Crippen molar-refractivity contribution < 1.29 is 9.84 Å². The molecule has 2 nitrogen and oxygen atoms in total. The molecule has 0 saturated heterocycles. The number of hydrogen-bond donors (Lipinski definition) is 1. The largest absolute Gasteiger partial charge is 0.388 e. The molecule has 2 atom stereocenters. The number of aliphatic hydroxyl groups is 1. The number of fused-ring (bicyclic) bond motifs is 1. The van der Waals surface area contributed by atoms with Crippen LogP contribution >= 0.6 is 0 Å². The summed E-state index contributed by atoms with van der Waals surface area (Å²) in [6.45, 7) is 3.59. The molecule has 0 aromatic heterocycles. The van der Waals surface area contributed by atoms with Crippen molar-refractivity contribution in [3.63, 3.8) is 0 Å². The van der Waals surface area contributed by atoms with Crippen LogP contribution in [0.15, 0.2) is 18.2 Å². The number of ether oxygens (including phenoxy) is 1. The SMILES string of the molecule is CC(C1CC1)C(O)c1ccc2c(c1)COC2. The van der Waals surface area contributed by atoms with Gasteiger partial charge in [0.15, 0.2) is 0 Å². The van der Waals surface area contributed by atoms with E-state index in [9.17, 15) is 5.11 Å². The van der Waals surface area contributed by atoms with Gasteiger partial charge in [-0.1, -0.05) is 25.1 Å². The minimum Gasteiger partial charge on any atom is -0.388 e. The summed E-state index contributed by atoms with van der Waals surface area (Å²) in [5, 5.41) is 10.3. The fourth-order valence-electron chi connectivity index (χ4n) is 2.56. The topological polar surface area (TPSA) is 29.5 Å². The number of hydrogen-bond acceptors (Lipinski definition) is 2. The van der Waals surface area contributed by atoms with E-state index in [4.69, 9.17) is 4.74 Å². The lowest BCUT2D eigenvalue weighted by Crippen LogP contribution is -2.11. The number of aliphatic hydroxyl groups excluding tert-OH is 1. The maximum absolute atomic E-state index is 10.3. The first kappa shape index (κ1) is 10.3. The van der Waals surface area contributed by atoms with E-state index in [1.807, 2.05) is 0 Å². The summed E-state index contributed by atoms with van der Waals surface area (Å²) < 4.78 is 5.39. The summed E-state index contributed by atoms with van der Waals surface area (Å²) in [5.41, 5.74) is 3.58. The van der Waals surface area contributed by atoms with Crippen LogP contribution in [0.25, 0.3) is 0 Å². The molecule has 1 heterocycles. The van der Waals surface area contributed by atoms with Gasteiger partial charge in [-0.25, -0.2) is 0 Å². The molecular formula is C14H18O2. The smallest absolute Gasteiger partial charge is 0.0818 e. The van der Waals surface area contributed by atoms with Gasteiger partial charge in [-0.3, -0.25) is 0 Å². The van der Waals surface area contributed by atoms with Crippen molar-refractivity contribution in [2.24, 2.45) is 11.8 Å². The second-order valence-corrected chi connectivity index (χ2v) is 5.16. The molecule has 0 bridgehead atoms. The normalized spacial score (nSPS) is 22.9. The van der Waals surface area contributed by atoms with E-state index < -0.39 is 0 Å². The molecule has 2 unspecified atom stereocenters. The average molecular weight is 218 g/mol. The van der Waals surface area contributed by atoms with E-state index in [2.05, 4.69) is 25.1 Å². The number of benzene rings is 1. The Bertz CT molecular complexity index is 396. The van der Waals surface area contributed by atoms with Crippen LogP contribution in [0.2, 0.25) is 0 Å². The minimum atomic E-state index is -0.307. The zero-order valence-corrected chi connectivity index (χ0v) is 9.65. The predicted molar refractivity (Wildman–Crippen MR) is 61.8 cm³/mol. The molecule has 0 spiro atoms. The van der Waals surface area contributed by atoms with Crippen LogP contribution < -0.4 is 0 Å². The lowest BCUT2D eigenvalue weighted by molar-refractivity contribution is 0.105. The lowest BCUT2D eigenvalue weighted by Gasteiger charge is -2.19. The molecule has 1 N–H and O–H groups in total. The average Bonchev–Trinajstić information content (AvgIpc) is 3.05. The molecule has 1 aliphatic carbocycles. The predicted octanol–water partition coefficient (Wildman–Crippen LogP) is 2.80. The van der Waals surface area contributed by atoms with Gasteiger partial charge in [-0.05, 0) is 41.4 Å². The van der Waals surface area contributed by atoms with Crippen LogP contribution in [0, 0.1) is 11.8 Å². The molecule has 16 heavy (non-hydrogen) atoms. The van der Waals surface area contributed by atoms with Gasteiger partial charge in [0.05, 0.1) is 19.3 Å². The lowest BCUT2D eigenvalue weighted by atomic mass is 9.92. The Morgan fingerprint density at radius 1 is 1.25 bits per heavy atom. The molecule has 3 rings (SSSR count). The highest BCUT2D eigenvalue weighted by Gasteiger charge is 2.33. The van der Waals surface area contributed by atoms with Crippen LogP contribution in [-0.4, -0.2) is 5.11 Å². The summed E-state index contributed by atoms with van der Waals surface area (Å²) >= 11 is 0. The standard InChI is InChI=1S/C14H18O2/c1-9(10-2-3-10)14(15)11-4-5-12-7-16-8-13(12)6-11/h4-6,9-10,14-15H,2-3,7-8H2,1H3. The van der Waals surface area contributed by atoms with Crippen LogP contribution in [0.4, 0.5) is 0 Å². The van der Waals surface area contributed by atoms with Gasteiger partial charge < -0.3 is 9.84 Å². The van der Waals surface area contributed by atoms with Gasteiger partial charge in [0, 0.05) is 0 Å². The Labute approximate surface area is 96.2 Å². The Balaban J connectivity index is 1.82. The van der Waals surface area contributed by atoms with Gasteiger partial charge in [-0.15, -0.1) is 0 Å². The van der Waals surface area contributed by atoms with Crippen LogP contribution in [-0.2, 0) is 18.0 Å². The van der Waals surface area contributed by atoms with E-state index in [-0.39, 0.29) is 6.10 Å². The van der Waals surface area contributed by atoms with Crippen molar-refractivity contribution in [1.29, 1.82) is 0 Å². The monoisotopic (exact) mass is 218 g/mol. The summed E-state index contributed by atoms with van der Waals surface area (Å²) in [7, 11) is 0. The van der Waals surface area contributed by atoms with Gasteiger partial charge in [-0.2, -0.15) is 0 Å². The molecule has 0 radical (unpaired) electrons. The molecule has 1 saturated carbocycles. The second kappa shape index (κ2) is 3.86. The third-order valence-electron chi connectivity index (χ3n) is 3.95. The molecule has 1 aromatic carbocycles. The third kappa shape index (κ3) is 1.76. The molecule has 1 aromatic rings. The first-order chi connectivity index (χ1) is 7.75. The summed E-state index contributed by atoms with van der Waals surface area (Å²) in [5.74, 6) is 1.12. The fourth-order valence-corrected chi connectivity index (χ4v) is 2.56. The van der Waals surface area contributed by atoms with Crippen molar-refractivity contribution in [3.8, 4) is 0 Å². The zero-order valence-electron chi connectivity index (χ0n) is 9.65. The molecule has 0 amide bonds. The molecule has 86 valence electrons. The minimum absolute atomic E-state index is 0.307. The molecule has 1 fully saturated rings. The van der Waals surface area contributed by atoms with Gasteiger partial charge in [0.25, 0.3) is 0 Å². The zero-order chi connectivity index (χ0) is 11.1. The Kier molecular flexibility index (Phi) is 2.49. The van der Waals surface area contributed by atoms with Crippen molar-refractivity contribution in [2.45, 2.75) is 39.1 Å². The van der Waals surface area contributed by atoms with Crippen molar-refractivity contribution in [3.05, 3.63) is 34.9 Å². The third-order valence-corrected chi connectivity index (χ3v) is 3.95. The Hall–Kier alpha value is -0.860. The van der Waals surface area contributed by atoms with Gasteiger partial charge in [0.1, 0.15) is 0 Å². The fraction of sp³-hybridized carbons (Fsp3) is 0.571. The van der Waals surface area contributed by atoms with E-state index >= 15 is 0 Å². The highest BCUT2D eigenvalue weighted by atomic mass is 16.5. The maximum Gasteiger partial charge on any atom is 0.0818 e. The molecule has 1 aliphatic heterocycles. The van der Waals surface area contributed by atoms with E-state index in [1.54, 1.807) is 0 Å². The van der Waals surface area contributed by atoms with Crippen LogP contribution in [0.5, 0.6) is 0 Å². The van der Waals surface area contributed by atoms with Crippen molar-refractivity contribution in [1.82, 2.24) is 0 Å². The summed E-state index contributed by atoms with van der Waals surface area (Å²) in [6, 6.07) is 6.27.